The van der Waals surface area contributed by atoms with Crippen LogP contribution in [-0.2, 0) is 19.1 Å². The van der Waals surface area contributed by atoms with E-state index in [0.717, 1.165) is 5.56 Å². The van der Waals surface area contributed by atoms with Crippen LogP contribution in [0.1, 0.15) is 47.0 Å². The molecule has 3 amide bonds. The molecule has 4 rings (SSSR count). The molecular formula is C33H25Cl2N3O9. The van der Waals surface area contributed by atoms with Crippen LogP contribution in [0.5, 0.6) is 0 Å². The molecule has 2 atom stereocenters. The van der Waals surface area contributed by atoms with Crippen LogP contribution in [0, 0.1) is 6.92 Å². The molecule has 4 aromatic carbocycles. The number of ether oxygens (including phenoxy) is 2. The summed E-state index contributed by atoms with van der Waals surface area (Å²) in [5.74, 6) is -6.88. The van der Waals surface area contributed by atoms with Crippen LogP contribution in [0.25, 0.3) is 0 Å². The van der Waals surface area contributed by atoms with Crippen LogP contribution in [0.4, 0.5) is 5.69 Å². The summed E-state index contributed by atoms with van der Waals surface area (Å²) in [6, 6.07) is 23.7. The molecule has 240 valence electrons. The smallest absolute Gasteiger partial charge is 0.349 e. The average Bonchev–Trinajstić information content (AvgIpc) is 3.05. The molecule has 0 unspecified atom stereocenters. The van der Waals surface area contributed by atoms with E-state index >= 15 is 0 Å². The number of anilines is 1. The van der Waals surface area contributed by atoms with E-state index < -0.39 is 41.9 Å². The van der Waals surface area contributed by atoms with Crippen molar-refractivity contribution in [3.8, 4) is 0 Å². The Morgan fingerprint density at radius 3 is 1.60 bits per heavy atom. The van der Waals surface area contributed by atoms with Crippen molar-refractivity contribution in [3.05, 3.63) is 135 Å². The third-order valence-corrected chi connectivity index (χ3v) is 7.11. The second kappa shape index (κ2) is 15.5. The van der Waals surface area contributed by atoms with Gasteiger partial charge in [-0.3, -0.25) is 25.2 Å². The third-order valence-electron chi connectivity index (χ3n) is 6.45. The van der Waals surface area contributed by atoms with E-state index in [1.807, 2.05) is 12.3 Å². The van der Waals surface area contributed by atoms with E-state index in [9.17, 15) is 33.9 Å². The number of carboxylic acid groups (broad SMARTS) is 1. The minimum absolute atomic E-state index is 0.0307. The van der Waals surface area contributed by atoms with Crippen molar-refractivity contribution in [3.63, 3.8) is 0 Å². The van der Waals surface area contributed by atoms with Crippen LogP contribution in [0.15, 0.2) is 97.1 Å². The molecule has 14 heteroatoms. The van der Waals surface area contributed by atoms with Crippen molar-refractivity contribution in [2.45, 2.75) is 19.1 Å². The maximum Gasteiger partial charge on any atom is 0.349 e. The number of benzene rings is 4. The van der Waals surface area contributed by atoms with Crippen LogP contribution in [0.3, 0.4) is 0 Å². The summed E-state index contributed by atoms with van der Waals surface area (Å²) in [5, 5.41) is 12.5. The van der Waals surface area contributed by atoms with Gasteiger partial charge in [0, 0.05) is 16.8 Å². The van der Waals surface area contributed by atoms with Gasteiger partial charge >= 0.3 is 17.9 Å². The van der Waals surface area contributed by atoms with Crippen LogP contribution in [-0.4, -0.2) is 52.9 Å². The predicted octanol–water partition coefficient (Wildman–Crippen LogP) is 4.85. The van der Waals surface area contributed by atoms with Gasteiger partial charge in [-0.25, -0.2) is 14.4 Å². The lowest BCUT2D eigenvalue weighted by atomic mass is 10.1. The number of aryl methyl sites for hydroxylation is 1. The lowest BCUT2D eigenvalue weighted by Gasteiger charge is -2.24. The fourth-order valence-corrected chi connectivity index (χ4v) is 4.41. The number of esters is 2. The molecule has 0 aromatic heterocycles. The van der Waals surface area contributed by atoms with Crippen LogP contribution in [0.2, 0.25) is 10.0 Å². The zero-order chi connectivity index (χ0) is 34.1. The molecule has 12 nitrogen and oxygen atoms in total. The van der Waals surface area contributed by atoms with Crippen molar-refractivity contribution < 1.29 is 43.3 Å². The lowest BCUT2D eigenvalue weighted by Crippen LogP contribution is -2.54. The molecule has 0 saturated heterocycles. The monoisotopic (exact) mass is 677 g/mol. The average molecular weight is 678 g/mol. The Balaban J connectivity index is 1.48. The zero-order valence-corrected chi connectivity index (χ0v) is 25.9. The van der Waals surface area contributed by atoms with Gasteiger partial charge in [0.05, 0.1) is 21.2 Å². The Hall–Kier alpha value is -5.72. The molecule has 0 aliphatic carbocycles. The quantitative estimate of drug-likeness (QED) is 0.135. The first-order valence-corrected chi connectivity index (χ1v) is 14.4. The molecule has 0 bridgehead atoms. The van der Waals surface area contributed by atoms with Crippen LogP contribution < -0.4 is 16.2 Å². The van der Waals surface area contributed by atoms with E-state index in [-0.39, 0.29) is 32.6 Å². The summed E-state index contributed by atoms with van der Waals surface area (Å²) in [5.41, 5.74) is 5.47. The SMILES string of the molecule is Cc1ccc(C(=O)Nc2ccc(C(=O)NNC(=O)[C@@H](OC(=O)c3ccccc3Cl)[C@H](OC(=O)c3ccccc3Cl)C(=O)O)cc2)cc1. The molecule has 0 spiro atoms. The number of hydrogen-bond donors (Lipinski definition) is 4. The van der Waals surface area contributed by atoms with Gasteiger partial charge in [-0.1, -0.05) is 65.2 Å². The van der Waals surface area contributed by atoms with Gasteiger partial charge < -0.3 is 19.9 Å². The van der Waals surface area contributed by atoms with Gasteiger partial charge in [0.1, 0.15) is 0 Å². The highest BCUT2D eigenvalue weighted by atomic mass is 35.5. The largest absolute Gasteiger partial charge is 0.478 e. The number of carbonyl (C=O) groups excluding carboxylic acids is 5. The molecule has 47 heavy (non-hydrogen) atoms. The summed E-state index contributed by atoms with van der Waals surface area (Å²) >= 11 is 12.1. The minimum Gasteiger partial charge on any atom is -0.478 e. The number of amides is 3. The van der Waals surface area contributed by atoms with Gasteiger partial charge in [0.25, 0.3) is 17.7 Å². The zero-order valence-electron chi connectivity index (χ0n) is 24.4. The topological polar surface area (TPSA) is 177 Å². The fourth-order valence-electron chi connectivity index (χ4n) is 3.98. The number of nitrogens with one attached hydrogen (secondary N) is 3. The number of halogens is 2. The van der Waals surface area contributed by atoms with Gasteiger partial charge in [-0.05, 0) is 67.6 Å². The first-order chi connectivity index (χ1) is 22.4. The van der Waals surface area contributed by atoms with E-state index in [2.05, 4.69) is 10.7 Å². The molecule has 0 fully saturated rings. The maximum atomic E-state index is 13.2. The number of aliphatic carboxylic acids is 1. The highest BCUT2D eigenvalue weighted by Gasteiger charge is 2.41. The molecular weight excluding hydrogens is 653 g/mol. The number of carbonyl (C=O) groups is 6. The molecule has 0 saturated carbocycles. The Morgan fingerprint density at radius 1 is 0.617 bits per heavy atom. The van der Waals surface area contributed by atoms with Gasteiger partial charge in [-0.15, -0.1) is 0 Å². The Bertz CT molecular complexity index is 1830. The summed E-state index contributed by atoms with van der Waals surface area (Å²) in [4.78, 5) is 76.5. The standard InChI is InChI=1S/C33H25Cl2N3O9/c1-18-10-12-19(13-11-18)28(39)36-21-16-14-20(15-17-21)29(40)37-38-30(41)26(46-32(44)22-6-2-4-8-24(22)34)27(31(42)43)47-33(45)23-7-3-5-9-25(23)35/h2-17,26-27H,1H3,(H,36,39)(H,37,40)(H,38,41)(H,42,43)/t26-,27-/m0/s1. The fraction of sp³-hybridized carbons (Fsp3) is 0.0909. The first-order valence-electron chi connectivity index (χ1n) is 13.7. The number of carboxylic acids is 1. The second-order valence-corrected chi connectivity index (χ2v) is 10.6. The van der Waals surface area contributed by atoms with Gasteiger partial charge in [0.2, 0.25) is 12.2 Å². The maximum absolute atomic E-state index is 13.2. The molecule has 0 aliphatic rings. The molecule has 0 radical (unpaired) electrons. The Kier molecular flexibility index (Phi) is 11.3. The molecule has 4 aromatic rings. The predicted molar refractivity (Wildman–Crippen MR) is 170 cm³/mol. The number of hydrogen-bond acceptors (Lipinski definition) is 8. The van der Waals surface area contributed by atoms with E-state index in [1.165, 1.54) is 72.8 Å². The van der Waals surface area contributed by atoms with E-state index in [1.54, 1.807) is 24.3 Å². The summed E-state index contributed by atoms with van der Waals surface area (Å²) in [6.07, 6.45) is -4.71. The molecule has 0 heterocycles. The normalized spacial score (nSPS) is 11.7. The van der Waals surface area contributed by atoms with Gasteiger partial charge in [0.15, 0.2) is 0 Å². The number of hydrazine groups is 1. The van der Waals surface area contributed by atoms with Crippen molar-refractivity contribution in [1.29, 1.82) is 0 Å². The summed E-state index contributed by atoms with van der Waals surface area (Å²) in [7, 11) is 0. The summed E-state index contributed by atoms with van der Waals surface area (Å²) in [6.45, 7) is 1.89. The number of rotatable bonds is 10. The third kappa shape index (κ3) is 8.93. The van der Waals surface area contributed by atoms with E-state index in [4.69, 9.17) is 32.7 Å². The Labute approximate surface area is 277 Å². The van der Waals surface area contributed by atoms with Crippen molar-refractivity contribution in [2.75, 3.05) is 5.32 Å². The van der Waals surface area contributed by atoms with Gasteiger partial charge in [-0.2, -0.15) is 0 Å². The summed E-state index contributed by atoms with van der Waals surface area (Å²) < 4.78 is 10.2. The first kappa shape index (κ1) is 34.2. The lowest BCUT2D eigenvalue weighted by molar-refractivity contribution is -0.159. The van der Waals surface area contributed by atoms with Crippen molar-refractivity contribution in [1.82, 2.24) is 10.9 Å². The molecule has 0 aliphatic heterocycles. The Morgan fingerprint density at radius 2 is 1.09 bits per heavy atom. The minimum atomic E-state index is -2.39. The molecule has 4 N–H and O–H groups in total. The van der Waals surface area contributed by atoms with Crippen LogP contribution >= 0.6 is 23.2 Å². The highest BCUT2D eigenvalue weighted by molar-refractivity contribution is 6.34. The van der Waals surface area contributed by atoms with Crippen molar-refractivity contribution >= 4 is 64.5 Å². The van der Waals surface area contributed by atoms with E-state index in [0.29, 0.717) is 11.3 Å². The second-order valence-electron chi connectivity index (χ2n) is 9.79. The highest BCUT2D eigenvalue weighted by Crippen LogP contribution is 2.21. The van der Waals surface area contributed by atoms with Crippen molar-refractivity contribution in [2.24, 2.45) is 0 Å².